The molecule has 1 unspecified atom stereocenters. The van der Waals surface area contributed by atoms with Crippen molar-refractivity contribution in [1.29, 1.82) is 0 Å². The zero-order valence-electron chi connectivity index (χ0n) is 16.3. The number of nitrogens with zero attached hydrogens (tertiary/aromatic N) is 5. The van der Waals surface area contributed by atoms with E-state index in [1.165, 1.54) is 0 Å². The molecule has 1 aliphatic heterocycles. The third kappa shape index (κ3) is 5.76. The molecule has 1 aliphatic carbocycles. The van der Waals surface area contributed by atoms with Crippen molar-refractivity contribution in [2.75, 3.05) is 13.1 Å². The van der Waals surface area contributed by atoms with Crippen LogP contribution >= 0.6 is 24.0 Å². The van der Waals surface area contributed by atoms with Gasteiger partial charge in [0, 0.05) is 32.2 Å². The van der Waals surface area contributed by atoms with Gasteiger partial charge >= 0.3 is 0 Å². The van der Waals surface area contributed by atoms with E-state index in [1.807, 2.05) is 37.3 Å². The van der Waals surface area contributed by atoms with Gasteiger partial charge in [0.1, 0.15) is 12.4 Å². The fourth-order valence-corrected chi connectivity index (χ4v) is 4.62. The summed E-state index contributed by atoms with van der Waals surface area (Å²) in [7, 11) is -1.39. The van der Waals surface area contributed by atoms with E-state index >= 15 is 0 Å². The molecule has 2 N–H and O–H groups in total. The lowest BCUT2D eigenvalue weighted by Gasteiger charge is -2.22. The van der Waals surface area contributed by atoms with Gasteiger partial charge in [-0.15, -0.1) is 34.2 Å². The molecule has 0 amide bonds. The van der Waals surface area contributed by atoms with E-state index in [1.54, 1.807) is 0 Å². The minimum Gasteiger partial charge on any atom is -0.353 e. The lowest BCUT2D eigenvalue weighted by Crippen LogP contribution is -2.44. The fraction of sp³-hybridized carbons (Fsp3) is 0.812. The summed E-state index contributed by atoms with van der Waals surface area (Å²) in [6.07, 6.45) is 2.87. The van der Waals surface area contributed by atoms with Gasteiger partial charge in [-0.3, -0.25) is 0 Å². The van der Waals surface area contributed by atoms with E-state index < -0.39 is 15.3 Å². The molecular weight excluding hydrogens is 481 g/mol. The Morgan fingerprint density at radius 2 is 2.00 bits per heavy atom. The Hall–Kier alpha value is -0.950. The van der Waals surface area contributed by atoms with Crippen LogP contribution in [0.4, 0.5) is 0 Å². The zero-order chi connectivity index (χ0) is 18.9. The van der Waals surface area contributed by atoms with Gasteiger partial charge < -0.3 is 14.8 Å². The molecule has 1 aromatic heterocycles. The van der Waals surface area contributed by atoms with Crippen LogP contribution in [0.2, 0.25) is 0 Å². The molecule has 1 atom stereocenters. The topological polar surface area (TPSA) is 105 Å². The zero-order valence-corrected chi connectivity index (χ0v) is 19.5. The number of aryl methyl sites for hydroxylation is 1. The monoisotopic (exact) mass is 511 g/mol. The van der Waals surface area contributed by atoms with Crippen LogP contribution in [0.15, 0.2) is 4.99 Å². The summed E-state index contributed by atoms with van der Waals surface area (Å²) < 4.78 is 29.5. The maximum absolute atomic E-state index is 12.5. The highest BCUT2D eigenvalue weighted by atomic mass is 127. The van der Waals surface area contributed by atoms with E-state index in [4.69, 9.17) is 4.99 Å². The quantitative estimate of drug-likeness (QED) is 0.332. The number of halogens is 1. The number of aromatic nitrogens is 3. The van der Waals surface area contributed by atoms with Crippen LogP contribution in [-0.4, -0.2) is 64.5 Å². The van der Waals surface area contributed by atoms with Gasteiger partial charge in [-0.25, -0.2) is 18.1 Å². The Morgan fingerprint density at radius 1 is 1.30 bits per heavy atom. The van der Waals surface area contributed by atoms with Gasteiger partial charge in [-0.05, 0) is 40.0 Å². The second-order valence-corrected chi connectivity index (χ2v) is 9.45. The summed E-state index contributed by atoms with van der Waals surface area (Å²) in [5.74, 6) is 2.41. The van der Waals surface area contributed by atoms with Crippen LogP contribution in [0.5, 0.6) is 0 Å². The number of rotatable bonds is 6. The molecule has 0 bridgehead atoms. The van der Waals surface area contributed by atoms with Crippen LogP contribution in [0.1, 0.15) is 44.8 Å². The Balaban J connectivity index is 0.00000261. The summed E-state index contributed by atoms with van der Waals surface area (Å²) in [6, 6.07) is 0.352. The molecule has 3 rings (SSSR count). The highest BCUT2D eigenvalue weighted by Gasteiger charge is 2.36. The molecule has 2 fully saturated rings. The maximum Gasteiger partial charge on any atom is 0.216 e. The molecule has 2 aliphatic rings. The molecule has 154 valence electrons. The van der Waals surface area contributed by atoms with Gasteiger partial charge in [0.25, 0.3) is 0 Å². The first kappa shape index (κ1) is 22.3. The van der Waals surface area contributed by atoms with Gasteiger partial charge in [0.2, 0.25) is 10.0 Å². The van der Waals surface area contributed by atoms with Crippen molar-refractivity contribution in [2.45, 2.75) is 63.9 Å². The molecule has 27 heavy (non-hydrogen) atoms. The Bertz CT molecular complexity index is 774. The van der Waals surface area contributed by atoms with E-state index in [2.05, 4.69) is 20.2 Å². The number of guanidine groups is 1. The Labute approximate surface area is 178 Å². The molecular formula is C16H30IN7O2S. The van der Waals surface area contributed by atoms with Crippen LogP contribution in [0.25, 0.3) is 0 Å². The van der Waals surface area contributed by atoms with E-state index in [0.29, 0.717) is 32.1 Å². The summed E-state index contributed by atoms with van der Waals surface area (Å²) in [5.41, 5.74) is 0. The van der Waals surface area contributed by atoms with Crippen molar-refractivity contribution in [3.63, 3.8) is 0 Å². The maximum atomic E-state index is 12.5. The minimum absolute atomic E-state index is 0. The van der Waals surface area contributed by atoms with Crippen LogP contribution in [-0.2, 0) is 23.6 Å². The second kappa shape index (κ2) is 9.03. The van der Waals surface area contributed by atoms with E-state index in [9.17, 15) is 8.42 Å². The molecule has 0 radical (unpaired) electrons. The predicted molar refractivity (Wildman–Crippen MR) is 116 cm³/mol. The largest absolute Gasteiger partial charge is 0.353 e. The number of hydrogen-bond acceptors (Lipinski definition) is 5. The first-order valence-corrected chi connectivity index (χ1v) is 10.7. The highest BCUT2D eigenvalue weighted by Crippen LogP contribution is 2.22. The third-order valence-corrected chi connectivity index (χ3v) is 6.81. The molecule has 1 saturated carbocycles. The number of likely N-dealkylation sites (tertiary alicyclic amines) is 1. The van der Waals surface area contributed by atoms with Crippen molar-refractivity contribution in [3.8, 4) is 0 Å². The number of hydrogen-bond donors (Lipinski definition) is 2. The molecule has 2 heterocycles. The van der Waals surface area contributed by atoms with Gasteiger partial charge in [0.15, 0.2) is 11.8 Å². The van der Waals surface area contributed by atoms with Crippen LogP contribution < -0.4 is 10.0 Å². The molecule has 1 saturated heterocycles. The second-order valence-electron chi connectivity index (χ2n) is 7.46. The number of sulfonamides is 1. The fourth-order valence-electron chi connectivity index (χ4n) is 2.98. The average Bonchev–Trinajstić information content (AvgIpc) is 3.12. The summed E-state index contributed by atoms with van der Waals surface area (Å²) in [5, 5.41) is 11.2. The van der Waals surface area contributed by atoms with E-state index in [-0.39, 0.29) is 30.0 Å². The van der Waals surface area contributed by atoms with Crippen molar-refractivity contribution in [3.05, 3.63) is 11.6 Å². The molecule has 1 aromatic rings. The third-order valence-electron chi connectivity index (χ3n) is 4.75. The highest BCUT2D eigenvalue weighted by molar-refractivity contribution is 14.0. The van der Waals surface area contributed by atoms with Gasteiger partial charge in [0.05, 0.1) is 5.25 Å². The number of nitrogens with one attached hydrogen (secondary N) is 2. The molecule has 0 aromatic carbocycles. The predicted octanol–water partition coefficient (Wildman–Crippen LogP) is 0.752. The molecule has 11 heteroatoms. The summed E-state index contributed by atoms with van der Waals surface area (Å²) >= 11 is 0. The first-order chi connectivity index (χ1) is 12.3. The summed E-state index contributed by atoms with van der Waals surface area (Å²) in [4.78, 5) is 6.75. The van der Waals surface area contributed by atoms with Crippen molar-refractivity contribution in [1.82, 2.24) is 29.7 Å². The van der Waals surface area contributed by atoms with Crippen molar-refractivity contribution in [2.24, 2.45) is 12.0 Å². The van der Waals surface area contributed by atoms with Crippen molar-refractivity contribution < 1.29 is 8.42 Å². The van der Waals surface area contributed by atoms with Gasteiger partial charge in [-0.2, -0.15) is 0 Å². The minimum atomic E-state index is -3.31. The average molecular weight is 511 g/mol. The lowest BCUT2D eigenvalue weighted by atomic mass is 10.4. The van der Waals surface area contributed by atoms with Crippen molar-refractivity contribution >= 4 is 40.0 Å². The van der Waals surface area contributed by atoms with Crippen LogP contribution in [0, 0.1) is 6.92 Å². The molecule has 9 nitrogen and oxygen atoms in total. The van der Waals surface area contributed by atoms with E-state index in [0.717, 1.165) is 30.5 Å². The normalized spacial score (nSPS) is 20.9. The van der Waals surface area contributed by atoms with Crippen LogP contribution in [0.3, 0.4) is 0 Å². The Morgan fingerprint density at radius 3 is 2.56 bits per heavy atom. The van der Waals surface area contributed by atoms with Gasteiger partial charge in [-0.1, -0.05) is 0 Å². The molecule has 0 spiro atoms. The Kier molecular flexibility index (Phi) is 7.47. The first-order valence-electron chi connectivity index (χ1n) is 9.18. The lowest BCUT2D eigenvalue weighted by molar-refractivity contribution is 0.486. The standard InChI is InChI=1S/C16H29N7O2S.HI/c1-11(2)21-26(24,25)14-7-8-23(10-14)16(18-13-5-6-13)17-9-15-20-19-12(3)22(15)4;/h11,13-14,21H,5-10H2,1-4H3,(H,17,18);1H. The number of aliphatic imine (C=N–C) groups is 1. The summed E-state index contributed by atoms with van der Waals surface area (Å²) in [6.45, 7) is 7.15. The smallest absolute Gasteiger partial charge is 0.216 e. The SMILES string of the molecule is Cc1nnc(CN=C(NC2CC2)N2CCC(S(=O)(=O)NC(C)C)C2)n1C.I.